The van der Waals surface area contributed by atoms with Gasteiger partial charge in [0.15, 0.2) is 0 Å². The lowest BCUT2D eigenvalue weighted by atomic mass is 10.1. The summed E-state index contributed by atoms with van der Waals surface area (Å²) in [7, 11) is 0. The maximum absolute atomic E-state index is 12.4. The van der Waals surface area contributed by atoms with Crippen LogP contribution in [0.1, 0.15) is 23.6 Å². The number of carbonyl (C=O) groups is 2. The zero-order valence-corrected chi connectivity index (χ0v) is 14.9. The number of aryl methyl sites for hydroxylation is 1. The second-order valence-corrected chi connectivity index (χ2v) is 6.61. The summed E-state index contributed by atoms with van der Waals surface area (Å²) >= 11 is 0. The summed E-state index contributed by atoms with van der Waals surface area (Å²) in [6.45, 7) is 2.59. The highest BCUT2D eigenvalue weighted by Gasteiger charge is 2.35. The number of hydrogen-bond acceptors (Lipinski definition) is 6. The molecule has 1 aliphatic heterocycles. The largest absolute Gasteiger partial charge is 0.467 e. The molecule has 1 saturated heterocycles. The van der Waals surface area contributed by atoms with Crippen LogP contribution in [0.2, 0.25) is 0 Å². The Balaban J connectivity index is 1.38. The number of carbonyl (C=O) groups excluding carboxylic acids is 2. The number of rotatable bonds is 5. The zero-order chi connectivity index (χ0) is 18.8. The molecule has 1 atom stereocenters. The Morgan fingerprint density at radius 2 is 2.00 bits per heavy atom. The third kappa shape index (κ3) is 3.67. The lowest BCUT2D eigenvalue weighted by molar-refractivity contribution is -0.149. The molecule has 27 heavy (non-hydrogen) atoms. The van der Waals surface area contributed by atoms with Crippen LogP contribution in [0, 0.1) is 12.8 Å². The highest BCUT2D eigenvalue weighted by molar-refractivity contribution is 5.86. The molecule has 0 bridgehead atoms. The molecule has 3 heterocycles. The fourth-order valence-corrected chi connectivity index (χ4v) is 3.19. The predicted octanol–water partition coefficient (Wildman–Crippen LogP) is 2.62. The molecule has 7 heteroatoms. The molecule has 1 aliphatic rings. The standard InChI is InChI=1S/C20H19N3O4/c1-13-18(22-17-7-3-2-6-16(17)21-13)12-27-20(25)14-9-19(24)23(10-14)11-15-5-4-8-26-15/h2-8,14H,9-12H2,1H3/t14-/m0/s1. The smallest absolute Gasteiger partial charge is 0.311 e. The number of para-hydroxylation sites is 2. The number of nitrogens with zero attached hydrogens (tertiary/aromatic N) is 3. The van der Waals surface area contributed by atoms with Crippen LogP contribution >= 0.6 is 0 Å². The first-order valence-electron chi connectivity index (χ1n) is 8.79. The third-order valence-electron chi connectivity index (χ3n) is 4.67. The van der Waals surface area contributed by atoms with Crippen molar-refractivity contribution in [1.29, 1.82) is 0 Å². The molecule has 0 radical (unpaired) electrons. The Labute approximate surface area is 156 Å². The van der Waals surface area contributed by atoms with Crippen LogP contribution in [-0.4, -0.2) is 33.3 Å². The third-order valence-corrected chi connectivity index (χ3v) is 4.67. The van der Waals surface area contributed by atoms with Crippen LogP contribution in [0.3, 0.4) is 0 Å². The van der Waals surface area contributed by atoms with Gasteiger partial charge in [-0.25, -0.2) is 9.97 Å². The van der Waals surface area contributed by atoms with E-state index in [2.05, 4.69) is 9.97 Å². The van der Waals surface area contributed by atoms with E-state index in [1.54, 1.807) is 23.3 Å². The minimum absolute atomic E-state index is 0.0470. The van der Waals surface area contributed by atoms with E-state index in [1.807, 2.05) is 31.2 Å². The number of fused-ring (bicyclic) bond motifs is 1. The van der Waals surface area contributed by atoms with Crippen molar-refractivity contribution in [3.63, 3.8) is 0 Å². The topological polar surface area (TPSA) is 85.5 Å². The maximum Gasteiger partial charge on any atom is 0.311 e. The van der Waals surface area contributed by atoms with Gasteiger partial charge in [-0.15, -0.1) is 0 Å². The van der Waals surface area contributed by atoms with E-state index in [-0.39, 0.29) is 24.9 Å². The Kier molecular flexibility index (Phi) is 4.58. The van der Waals surface area contributed by atoms with Gasteiger partial charge in [-0.2, -0.15) is 0 Å². The fourth-order valence-electron chi connectivity index (χ4n) is 3.19. The number of benzene rings is 1. The van der Waals surface area contributed by atoms with E-state index < -0.39 is 5.92 Å². The first-order valence-corrected chi connectivity index (χ1v) is 8.79. The summed E-state index contributed by atoms with van der Waals surface area (Å²) < 4.78 is 10.7. The molecule has 0 saturated carbocycles. The van der Waals surface area contributed by atoms with Gasteiger partial charge in [-0.05, 0) is 31.2 Å². The van der Waals surface area contributed by atoms with Crippen LogP contribution in [-0.2, 0) is 27.5 Å². The summed E-state index contributed by atoms with van der Waals surface area (Å²) in [6.07, 6.45) is 1.72. The predicted molar refractivity (Wildman–Crippen MR) is 96.3 cm³/mol. The Morgan fingerprint density at radius 3 is 2.74 bits per heavy atom. The van der Waals surface area contributed by atoms with Gasteiger partial charge in [0.05, 0.1) is 41.1 Å². The van der Waals surface area contributed by atoms with Crippen molar-refractivity contribution in [3.05, 3.63) is 59.8 Å². The highest BCUT2D eigenvalue weighted by Crippen LogP contribution is 2.22. The molecule has 0 unspecified atom stereocenters. The van der Waals surface area contributed by atoms with Crippen LogP contribution in [0.4, 0.5) is 0 Å². The summed E-state index contributed by atoms with van der Waals surface area (Å²) in [6, 6.07) is 11.1. The molecule has 1 fully saturated rings. The molecule has 1 amide bonds. The molecule has 138 valence electrons. The van der Waals surface area contributed by atoms with Crippen molar-refractivity contribution in [3.8, 4) is 0 Å². The van der Waals surface area contributed by atoms with Crippen molar-refractivity contribution in [1.82, 2.24) is 14.9 Å². The number of furan rings is 1. The number of amides is 1. The van der Waals surface area contributed by atoms with E-state index in [0.29, 0.717) is 24.5 Å². The number of likely N-dealkylation sites (tertiary alicyclic amines) is 1. The first kappa shape index (κ1) is 17.2. The molecule has 4 rings (SSSR count). The minimum atomic E-state index is -0.471. The highest BCUT2D eigenvalue weighted by atomic mass is 16.5. The van der Waals surface area contributed by atoms with Gasteiger partial charge in [0, 0.05) is 13.0 Å². The minimum Gasteiger partial charge on any atom is -0.467 e. The summed E-state index contributed by atoms with van der Waals surface area (Å²) in [5.41, 5.74) is 2.91. The van der Waals surface area contributed by atoms with Crippen molar-refractivity contribution in [2.24, 2.45) is 5.92 Å². The molecule has 1 aromatic carbocycles. The van der Waals surface area contributed by atoms with E-state index in [1.165, 1.54) is 0 Å². The average Bonchev–Trinajstić information content (AvgIpc) is 3.30. The Bertz CT molecular complexity index is 984. The Morgan fingerprint density at radius 1 is 1.22 bits per heavy atom. The van der Waals surface area contributed by atoms with Gasteiger partial charge in [0.2, 0.25) is 5.91 Å². The van der Waals surface area contributed by atoms with E-state index in [0.717, 1.165) is 16.7 Å². The molecular weight excluding hydrogens is 346 g/mol. The van der Waals surface area contributed by atoms with Crippen molar-refractivity contribution in [2.45, 2.75) is 26.5 Å². The zero-order valence-electron chi connectivity index (χ0n) is 14.9. The molecule has 0 N–H and O–H groups in total. The Hall–Kier alpha value is -3.22. The van der Waals surface area contributed by atoms with Gasteiger partial charge in [0.25, 0.3) is 0 Å². The maximum atomic E-state index is 12.4. The summed E-state index contributed by atoms with van der Waals surface area (Å²) in [5.74, 6) is -0.240. The summed E-state index contributed by atoms with van der Waals surface area (Å²) in [4.78, 5) is 35.2. The van der Waals surface area contributed by atoms with Gasteiger partial charge < -0.3 is 14.1 Å². The normalized spacial score (nSPS) is 16.9. The SMILES string of the molecule is Cc1nc2ccccc2nc1COC(=O)[C@H]1CC(=O)N(Cc2ccco2)C1. The lowest BCUT2D eigenvalue weighted by Crippen LogP contribution is -2.26. The van der Waals surface area contributed by atoms with Crippen LogP contribution < -0.4 is 0 Å². The fraction of sp³-hybridized carbons (Fsp3) is 0.300. The van der Waals surface area contributed by atoms with Gasteiger partial charge in [0.1, 0.15) is 12.4 Å². The molecular formula is C20H19N3O4. The van der Waals surface area contributed by atoms with E-state index >= 15 is 0 Å². The molecule has 7 nitrogen and oxygen atoms in total. The van der Waals surface area contributed by atoms with Crippen LogP contribution in [0.5, 0.6) is 0 Å². The molecule has 0 aliphatic carbocycles. The number of hydrogen-bond donors (Lipinski definition) is 0. The van der Waals surface area contributed by atoms with E-state index in [4.69, 9.17) is 9.15 Å². The second kappa shape index (κ2) is 7.19. The molecule has 3 aromatic rings. The number of aromatic nitrogens is 2. The first-order chi connectivity index (χ1) is 13.1. The summed E-state index contributed by atoms with van der Waals surface area (Å²) in [5, 5.41) is 0. The van der Waals surface area contributed by atoms with Crippen molar-refractivity contribution in [2.75, 3.05) is 6.54 Å². The quantitative estimate of drug-likeness (QED) is 0.646. The van der Waals surface area contributed by atoms with Crippen LogP contribution in [0.15, 0.2) is 47.1 Å². The van der Waals surface area contributed by atoms with E-state index in [9.17, 15) is 9.59 Å². The van der Waals surface area contributed by atoms with Crippen molar-refractivity contribution >= 4 is 22.9 Å². The number of esters is 1. The molecule has 0 spiro atoms. The average molecular weight is 365 g/mol. The van der Waals surface area contributed by atoms with Gasteiger partial charge in [-0.3, -0.25) is 9.59 Å². The lowest BCUT2D eigenvalue weighted by Gasteiger charge is -2.15. The monoisotopic (exact) mass is 365 g/mol. The molecule has 2 aromatic heterocycles. The van der Waals surface area contributed by atoms with Gasteiger partial charge in [-0.1, -0.05) is 12.1 Å². The van der Waals surface area contributed by atoms with Crippen molar-refractivity contribution < 1.29 is 18.7 Å². The number of ether oxygens (including phenoxy) is 1. The van der Waals surface area contributed by atoms with Gasteiger partial charge >= 0.3 is 5.97 Å². The second-order valence-electron chi connectivity index (χ2n) is 6.61. The van der Waals surface area contributed by atoms with Crippen LogP contribution in [0.25, 0.3) is 11.0 Å².